The lowest BCUT2D eigenvalue weighted by molar-refractivity contribution is -0.251. The minimum absolute atomic E-state index is 0.0462. The third-order valence-electron chi connectivity index (χ3n) is 6.32. The van der Waals surface area contributed by atoms with Gasteiger partial charge >= 0.3 is 5.97 Å². The summed E-state index contributed by atoms with van der Waals surface area (Å²) in [5.41, 5.74) is 1.74. The largest absolute Gasteiger partial charge is 0.497 e. The second-order valence-electron chi connectivity index (χ2n) is 8.40. The first-order valence-electron chi connectivity index (χ1n) is 10.9. The zero-order valence-corrected chi connectivity index (χ0v) is 18.7. The molecule has 1 aromatic heterocycles. The lowest BCUT2D eigenvalue weighted by Gasteiger charge is -2.43. The van der Waals surface area contributed by atoms with Gasteiger partial charge in [0, 0.05) is 24.5 Å². The molecule has 0 aliphatic carbocycles. The number of aliphatic carboxylic acids is 1. The molecule has 0 bridgehead atoms. The number of benzene rings is 1. The predicted molar refractivity (Wildman–Crippen MR) is 116 cm³/mol. The summed E-state index contributed by atoms with van der Waals surface area (Å²) >= 11 is 0. The molecule has 1 aliphatic heterocycles. The van der Waals surface area contributed by atoms with Crippen molar-refractivity contribution >= 4 is 5.97 Å². The highest BCUT2D eigenvalue weighted by Crippen LogP contribution is 2.36. The number of hydrogen-bond donors (Lipinski definition) is 1. The van der Waals surface area contributed by atoms with Crippen molar-refractivity contribution in [2.75, 3.05) is 13.7 Å². The molecule has 1 N–H and O–H groups in total. The van der Waals surface area contributed by atoms with Crippen molar-refractivity contribution in [1.82, 2.24) is 15.0 Å². The van der Waals surface area contributed by atoms with E-state index in [0.717, 1.165) is 17.0 Å². The summed E-state index contributed by atoms with van der Waals surface area (Å²) in [5, 5.41) is 17.4. The zero-order valence-electron chi connectivity index (χ0n) is 18.7. The summed E-state index contributed by atoms with van der Waals surface area (Å²) in [6.45, 7) is 7.67. The van der Waals surface area contributed by atoms with Gasteiger partial charge in [-0.2, -0.15) is 0 Å². The third kappa shape index (κ3) is 6.04. The Bertz CT molecular complexity index is 855. The number of hydrogen-bond acceptors (Lipinski definition) is 6. The zero-order chi connectivity index (χ0) is 22.4. The highest BCUT2D eigenvalue weighted by Gasteiger charge is 2.39. The Hall–Kier alpha value is -2.45. The van der Waals surface area contributed by atoms with E-state index in [1.807, 2.05) is 35.1 Å². The minimum Gasteiger partial charge on any atom is -0.497 e. The van der Waals surface area contributed by atoms with E-state index in [1.165, 1.54) is 0 Å². The molecule has 0 spiro atoms. The average molecular weight is 432 g/mol. The van der Waals surface area contributed by atoms with Gasteiger partial charge in [-0.05, 0) is 36.8 Å². The van der Waals surface area contributed by atoms with Gasteiger partial charge < -0.3 is 19.3 Å². The van der Waals surface area contributed by atoms with E-state index in [-0.39, 0.29) is 24.7 Å². The molecular weight excluding hydrogens is 398 g/mol. The fraction of sp³-hybridized carbons (Fsp3) is 0.609. The topological polar surface area (TPSA) is 95.7 Å². The Morgan fingerprint density at radius 2 is 2.00 bits per heavy atom. The van der Waals surface area contributed by atoms with Gasteiger partial charge in [0.2, 0.25) is 0 Å². The van der Waals surface area contributed by atoms with Crippen molar-refractivity contribution < 1.29 is 24.1 Å². The molecule has 31 heavy (non-hydrogen) atoms. The molecule has 1 saturated heterocycles. The van der Waals surface area contributed by atoms with E-state index in [4.69, 9.17) is 19.3 Å². The molecule has 2 aromatic rings. The van der Waals surface area contributed by atoms with Crippen molar-refractivity contribution in [3.8, 4) is 17.0 Å². The van der Waals surface area contributed by atoms with Crippen LogP contribution < -0.4 is 4.74 Å². The third-order valence-corrected chi connectivity index (χ3v) is 6.32. The van der Waals surface area contributed by atoms with Crippen molar-refractivity contribution in [3.63, 3.8) is 0 Å². The summed E-state index contributed by atoms with van der Waals surface area (Å²) in [6, 6.07) is 7.75. The van der Waals surface area contributed by atoms with Gasteiger partial charge in [-0.25, -0.2) is 4.68 Å². The van der Waals surface area contributed by atoms with Gasteiger partial charge in [0.25, 0.3) is 0 Å². The van der Waals surface area contributed by atoms with Gasteiger partial charge in [-0.1, -0.05) is 38.1 Å². The molecule has 0 radical (unpaired) electrons. The van der Waals surface area contributed by atoms with Crippen LogP contribution in [0, 0.1) is 17.8 Å². The number of carboxylic acid groups (broad SMARTS) is 1. The van der Waals surface area contributed by atoms with Crippen LogP contribution in [0.4, 0.5) is 0 Å². The van der Waals surface area contributed by atoms with Crippen LogP contribution in [-0.4, -0.2) is 52.2 Å². The van der Waals surface area contributed by atoms with Gasteiger partial charge in [0.05, 0.1) is 26.0 Å². The van der Waals surface area contributed by atoms with Gasteiger partial charge in [-0.3, -0.25) is 4.79 Å². The van der Waals surface area contributed by atoms with Crippen LogP contribution in [0.25, 0.3) is 11.3 Å². The van der Waals surface area contributed by atoms with Crippen LogP contribution in [0.15, 0.2) is 30.5 Å². The molecule has 5 unspecified atom stereocenters. The quantitative estimate of drug-likeness (QED) is 0.571. The number of nitrogens with zero attached hydrogens (tertiary/aromatic N) is 3. The molecule has 8 heteroatoms. The predicted octanol–water partition coefficient (Wildman–Crippen LogP) is 3.86. The standard InChI is InChI=1S/C23H33N3O5/c1-15-16(2)21(31-23(17(15)3)30-11-6-5-10-22(27)28)14-26-13-20(24-25-26)18-8-7-9-19(12-18)29-4/h7-9,12-13,15-17,21,23H,5-6,10-11,14H2,1-4H3,(H,27,28). The number of carboxylic acids is 1. The Balaban J connectivity index is 1.60. The van der Waals surface area contributed by atoms with Crippen molar-refractivity contribution in [1.29, 1.82) is 0 Å². The van der Waals surface area contributed by atoms with E-state index >= 15 is 0 Å². The van der Waals surface area contributed by atoms with Crippen LogP contribution in [0.1, 0.15) is 40.0 Å². The maximum Gasteiger partial charge on any atom is 0.303 e. The fourth-order valence-corrected chi connectivity index (χ4v) is 3.95. The first kappa shape index (κ1) is 23.2. The SMILES string of the molecule is COc1cccc(-c2cn(CC3OC(OCCCCC(=O)O)C(C)C(C)C3C)nn2)c1. The maximum atomic E-state index is 10.7. The summed E-state index contributed by atoms with van der Waals surface area (Å²) < 4.78 is 19.4. The summed E-state index contributed by atoms with van der Waals surface area (Å²) in [6.07, 6.45) is 3.06. The highest BCUT2D eigenvalue weighted by atomic mass is 16.7. The normalized spacial score (nSPS) is 26.0. The van der Waals surface area contributed by atoms with E-state index in [0.29, 0.717) is 37.8 Å². The monoisotopic (exact) mass is 431 g/mol. The van der Waals surface area contributed by atoms with Crippen molar-refractivity contribution in [2.24, 2.45) is 17.8 Å². The molecule has 1 fully saturated rings. The molecule has 1 aromatic carbocycles. The average Bonchev–Trinajstić information content (AvgIpc) is 3.23. The molecular formula is C23H33N3O5. The Labute approximate surface area is 183 Å². The van der Waals surface area contributed by atoms with Crippen molar-refractivity contribution in [3.05, 3.63) is 30.5 Å². The first-order valence-corrected chi connectivity index (χ1v) is 10.9. The molecule has 0 saturated carbocycles. The second kappa shape index (κ2) is 10.7. The second-order valence-corrected chi connectivity index (χ2v) is 8.40. The molecule has 0 amide bonds. The van der Waals surface area contributed by atoms with Crippen molar-refractivity contribution in [2.45, 2.75) is 59.0 Å². The number of carbonyl (C=O) groups is 1. The molecule has 8 nitrogen and oxygen atoms in total. The first-order chi connectivity index (χ1) is 14.9. The van der Waals surface area contributed by atoms with Gasteiger partial charge in [0.15, 0.2) is 6.29 Å². The Morgan fingerprint density at radius 1 is 1.19 bits per heavy atom. The van der Waals surface area contributed by atoms with Crippen LogP contribution in [0.5, 0.6) is 5.75 Å². The Morgan fingerprint density at radius 3 is 2.74 bits per heavy atom. The maximum absolute atomic E-state index is 10.7. The molecule has 3 rings (SSSR count). The summed E-state index contributed by atoms with van der Waals surface area (Å²) in [7, 11) is 1.64. The van der Waals surface area contributed by atoms with Gasteiger partial charge in [-0.15, -0.1) is 5.10 Å². The van der Waals surface area contributed by atoms with Gasteiger partial charge in [0.1, 0.15) is 11.4 Å². The number of aromatic nitrogens is 3. The summed E-state index contributed by atoms with van der Waals surface area (Å²) in [4.78, 5) is 10.7. The van der Waals surface area contributed by atoms with E-state index < -0.39 is 5.97 Å². The number of rotatable bonds is 10. The molecule has 5 atom stereocenters. The fourth-order valence-electron chi connectivity index (χ4n) is 3.95. The Kier molecular flexibility index (Phi) is 8.03. The number of methoxy groups -OCH3 is 1. The molecule has 170 valence electrons. The minimum atomic E-state index is -0.772. The van der Waals surface area contributed by atoms with Crippen LogP contribution in [0.3, 0.4) is 0 Å². The van der Waals surface area contributed by atoms with E-state index in [9.17, 15) is 4.79 Å². The van der Waals surface area contributed by atoms with E-state index in [1.54, 1.807) is 7.11 Å². The number of ether oxygens (including phenoxy) is 3. The van der Waals surface area contributed by atoms with Crippen LogP contribution in [0.2, 0.25) is 0 Å². The highest BCUT2D eigenvalue weighted by molar-refractivity contribution is 5.66. The van der Waals surface area contributed by atoms with Crippen LogP contribution >= 0.6 is 0 Å². The smallest absolute Gasteiger partial charge is 0.303 e. The van der Waals surface area contributed by atoms with Crippen LogP contribution in [-0.2, 0) is 20.8 Å². The molecule has 1 aliphatic rings. The lowest BCUT2D eigenvalue weighted by Crippen LogP contribution is -2.47. The summed E-state index contributed by atoms with van der Waals surface area (Å²) in [5.74, 6) is 1.03. The lowest BCUT2D eigenvalue weighted by atomic mass is 9.79. The molecule has 2 heterocycles. The van der Waals surface area contributed by atoms with E-state index in [2.05, 4.69) is 31.1 Å². The number of unbranched alkanes of at least 4 members (excludes halogenated alkanes) is 1.